The van der Waals surface area contributed by atoms with Crippen LogP contribution in [0.4, 0.5) is 0 Å². The summed E-state index contributed by atoms with van der Waals surface area (Å²) in [4.78, 5) is 11.8. The van der Waals surface area contributed by atoms with Crippen molar-refractivity contribution in [2.24, 2.45) is 0 Å². The molecule has 0 unspecified atom stereocenters. The van der Waals surface area contributed by atoms with Crippen LogP contribution in [0.15, 0.2) is 54.6 Å². The van der Waals surface area contributed by atoms with Crippen molar-refractivity contribution in [3.05, 3.63) is 60.2 Å². The molecule has 190 valence electrons. The van der Waals surface area contributed by atoms with E-state index in [1.165, 1.54) is 10.8 Å². The lowest BCUT2D eigenvalue weighted by Crippen LogP contribution is -2.62. The topological polar surface area (TPSA) is 74.2 Å². The van der Waals surface area contributed by atoms with Gasteiger partial charge in [0.05, 0.1) is 31.8 Å². The van der Waals surface area contributed by atoms with E-state index in [1.54, 1.807) is 0 Å². The Balaban J connectivity index is 1.65. The van der Waals surface area contributed by atoms with Crippen molar-refractivity contribution in [3.8, 4) is 0 Å². The van der Waals surface area contributed by atoms with Crippen LogP contribution in [0.1, 0.15) is 39.2 Å². The summed E-state index contributed by atoms with van der Waals surface area (Å²) in [5.74, 6) is -0.892. The first-order valence-electron chi connectivity index (χ1n) is 12.9. The number of carboxylic acid groups (broad SMARTS) is 1. The first-order chi connectivity index (χ1) is 17.0. The van der Waals surface area contributed by atoms with Crippen LogP contribution in [0.25, 0.3) is 10.8 Å². The van der Waals surface area contributed by atoms with E-state index < -0.39 is 32.6 Å². The largest absolute Gasteiger partial charge is 0.481 e. The Morgan fingerprint density at radius 1 is 1.03 bits per heavy atom. The molecule has 1 N–H and O–H groups in total. The molecule has 0 amide bonds. The summed E-state index contributed by atoms with van der Waals surface area (Å²) in [5, 5.41) is 12.0. The zero-order chi connectivity index (χ0) is 24.8. The van der Waals surface area contributed by atoms with Gasteiger partial charge in [0.1, 0.15) is 18.3 Å². The second-order valence-corrected chi connectivity index (χ2v) is 14.3. The number of aliphatic carboxylic acids is 1. The third-order valence-corrected chi connectivity index (χ3v) is 12.2. The lowest BCUT2D eigenvalue weighted by molar-refractivity contribution is -0.242. The van der Waals surface area contributed by atoms with E-state index in [4.69, 9.17) is 18.6 Å². The Hall–Kier alpha value is -2.03. The number of fused-ring (bicyclic) bond motifs is 2. The van der Waals surface area contributed by atoms with E-state index in [9.17, 15) is 9.90 Å². The van der Waals surface area contributed by atoms with Gasteiger partial charge >= 0.3 is 5.97 Å². The first-order valence-corrected chi connectivity index (χ1v) is 15.4. The third-order valence-electron chi connectivity index (χ3n) is 7.60. The summed E-state index contributed by atoms with van der Waals surface area (Å²) in [7, 11) is -2.08. The van der Waals surface area contributed by atoms with Crippen LogP contribution in [0.5, 0.6) is 0 Å². The minimum atomic E-state index is -2.08. The molecule has 4 rings (SSSR count). The fraction of sp³-hybridized carbons (Fsp3) is 0.536. The molecule has 2 aliphatic heterocycles. The van der Waals surface area contributed by atoms with Crippen LogP contribution in [0.2, 0.25) is 18.1 Å². The molecule has 1 saturated heterocycles. The molecule has 2 aromatic rings. The summed E-state index contributed by atoms with van der Waals surface area (Å²) in [6.45, 7) is 7.40. The highest BCUT2D eigenvalue weighted by Crippen LogP contribution is 2.36. The van der Waals surface area contributed by atoms with E-state index in [0.717, 1.165) is 23.7 Å². The first kappa shape index (κ1) is 26.0. The number of rotatable bonds is 10. The van der Waals surface area contributed by atoms with Gasteiger partial charge in [0, 0.05) is 0 Å². The SMILES string of the molecule is CC[Si](CC)(CC)O[C@H]1[C@H](OCc2ccc3ccccc3c2)[C@H]2OCC=CC[C@@H]2O[C@@H]1CC(=O)O. The zero-order valence-electron chi connectivity index (χ0n) is 21.0. The van der Waals surface area contributed by atoms with Crippen molar-refractivity contribution in [1.82, 2.24) is 0 Å². The molecular formula is C28H38O6Si. The third kappa shape index (κ3) is 6.04. The van der Waals surface area contributed by atoms with E-state index in [1.807, 2.05) is 24.3 Å². The van der Waals surface area contributed by atoms with Gasteiger partial charge in [-0.05, 0) is 47.0 Å². The maximum Gasteiger partial charge on any atom is 0.306 e. The van der Waals surface area contributed by atoms with Crippen molar-refractivity contribution in [3.63, 3.8) is 0 Å². The minimum absolute atomic E-state index is 0.116. The van der Waals surface area contributed by atoms with Crippen LogP contribution < -0.4 is 0 Å². The number of ether oxygens (including phenoxy) is 3. The van der Waals surface area contributed by atoms with Crippen LogP contribution in [0, 0.1) is 0 Å². The molecule has 0 aromatic heterocycles. The van der Waals surface area contributed by atoms with Gasteiger partial charge in [0.2, 0.25) is 0 Å². The summed E-state index contributed by atoms with van der Waals surface area (Å²) in [5.41, 5.74) is 1.07. The molecule has 0 aliphatic carbocycles. The monoisotopic (exact) mass is 498 g/mol. The maximum atomic E-state index is 11.8. The molecule has 7 heteroatoms. The summed E-state index contributed by atoms with van der Waals surface area (Å²) < 4.78 is 26.1. The van der Waals surface area contributed by atoms with E-state index in [0.29, 0.717) is 19.6 Å². The van der Waals surface area contributed by atoms with Crippen molar-refractivity contribution in [1.29, 1.82) is 0 Å². The molecule has 35 heavy (non-hydrogen) atoms. The van der Waals surface area contributed by atoms with E-state index in [-0.39, 0.29) is 18.6 Å². The van der Waals surface area contributed by atoms with Crippen molar-refractivity contribution in [2.75, 3.05) is 6.61 Å². The van der Waals surface area contributed by atoms with Crippen molar-refractivity contribution >= 4 is 25.1 Å². The normalized spacial score (nSPS) is 26.9. The smallest absolute Gasteiger partial charge is 0.306 e. The van der Waals surface area contributed by atoms with Gasteiger partial charge in [-0.15, -0.1) is 0 Å². The summed E-state index contributed by atoms with van der Waals surface area (Å²) in [6, 6.07) is 17.5. The van der Waals surface area contributed by atoms with Crippen molar-refractivity contribution in [2.45, 2.75) is 88.9 Å². The molecule has 0 spiro atoms. The van der Waals surface area contributed by atoms with E-state index >= 15 is 0 Å². The molecule has 0 saturated carbocycles. The number of benzene rings is 2. The Morgan fingerprint density at radius 2 is 1.77 bits per heavy atom. The quantitative estimate of drug-likeness (QED) is 0.334. The predicted molar refractivity (Wildman–Crippen MR) is 139 cm³/mol. The second kappa shape index (κ2) is 11.8. The highest BCUT2D eigenvalue weighted by Gasteiger charge is 2.50. The molecule has 0 radical (unpaired) electrons. The second-order valence-electron chi connectivity index (χ2n) is 9.60. The molecule has 2 heterocycles. The number of carboxylic acids is 1. The maximum absolute atomic E-state index is 11.8. The standard InChI is InChI=1S/C28H38O6Si/c1-4-35(5-2,6-3)34-27-24(18-25(29)30)33-23-13-9-10-16-31-26(23)28(27)32-19-20-14-15-21-11-7-8-12-22(21)17-20/h7-12,14-15,17,23-24,26-28H,4-6,13,16,18-19H2,1-3H3,(H,29,30)/t23-,24+,26-,27+,28+/m0/s1. The van der Waals surface area contributed by atoms with Crippen LogP contribution in [-0.2, 0) is 30.0 Å². The Labute approximate surface area is 209 Å². The lowest BCUT2D eigenvalue weighted by Gasteiger charge is -2.48. The van der Waals surface area contributed by atoms with Gasteiger partial charge in [-0.2, -0.15) is 0 Å². The van der Waals surface area contributed by atoms with Crippen LogP contribution in [0.3, 0.4) is 0 Å². The molecule has 0 bridgehead atoms. The van der Waals surface area contributed by atoms with Crippen molar-refractivity contribution < 1.29 is 28.5 Å². The minimum Gasteiger partial charge on any atom is -0.481 e. The summed E-state index contributed by atoms with van der Waals surface area (Å²) >= 11 is 0. The molecular weight excluding hydrogens is 460 g/mol. The van der Waals surface area contributed by atoms with Gasteiger partial charge in [-0.25, -0.2) is 0 Å². The predicted octanol–water partition coefficient (Wildman–Crippen LogP) is 5.70. The van der Waals surface area contributed by atoms with Gasteiger partial charge in [0.15, 0.2) is 8.32 Å². The van der Waals surface area contributed by atoms with Gasteiger partial charge < -0.3 is 23.7 Å². The highest BCUT2D eigenvalue weighted by molar-refractivity contribution is 6.73. The van der Waals surface area contributed by atoms with Gasteiger partial charge in [0.25, 0.3) is 0 Å². The lowest BCUT2D eigenvalue weighted by atomic mass is 9.91. The average Bonchev–Trinajstić information content (AvgIpc) is 3.11. The van der Waals surface area contributed by atoms with Gasteiger partial charge in [-0.3, -0.25) is 4.79 Å². The van der Waals surface area contributed by atoms with E-state index in [2.05, 4.69) is 51.1 Å². The number of hydrogen-bond donors (Lipinski definition) is 1. The highest BCUT2D eigenvalue weighted by atomic mass is 28.4. The molecule has 1 fully saturated rings. The number of carbonyl (C=O) groups is 1. The Morgan fingerprint density at radius 3 is 2.49 bits per heavy atom. The van der Waals surface area contributed by atoms with Crippen LogP contribution >= 0.6 is 0 Å². The Bertz CT molecular complexity index is 1010. The van der Waals surface area contributed by atoms with Gasteiger partial charge in [-0.1, -0.05) is 69.3 Å². The fourth-order valence-corrected chi connectivity index (χ4v) is 8.19. The molecule has 5 atom stereocenters. The molecule has 2 aliphatic rings. The number of hydrogen-bond acceptors (Lipinski definition) is 5. The average molecular weight is 499 g/mol. The summed E-state index contributed by atoms with van der Waals surface area (Å²) in [6.07, 6.45) is 2.52. The zero-order valence-corrected chi connectivity index (χ0v) is 22.0. The molecule has 6 nitrogen and oxygen atoms in total. The van der Waals surface area contributed by atoms with Crippen LogP contribution in [-0.4, -0.2) is 56.5 Å². The fourth-order valence-electron chi connectivity index (χ4n) is 5.33. The molecule has 2 aromatic carbocycles. The Kier molecular flexibility index (Phi) is 8.78.